The van der Waals surface area contributed by atoms with Gasteiger partial charge in [-0.1, -0.05) is 15.9 Å². The van der Waals surface area contributed by atoms with Gasteiger partial charge < -0.3 is 14.5 Å². The number of amides is 1. The Hall–Kier alpha value is -2.19. The van der Waals surface area contributed by atoms with E-state index in [9.17, 15) is 4.79 Å². The van der Waals surface area contributed by atoms with E-state index in [0.29, 0.717) is 31.2 Å². The van der Waals surface area contributed by atoms with Crippen molar-refractivity contribution in [2.45, 2.75) is 25.3 Å². The molecule has 1 aliphatic rings. The highest BCUT2D eigenvalue weighted by atomic mass is 79.9. The van der Waals surface area contributed by atoms with Crippen molar-refractivity contribution in [1.29, 1.82) is 0 Å². The van der Waals surface area contributed by atoms with E-state index in [1.165, 1.54) is 0 Å². The number of halogens is 1. The fourth-order valence-corrected chi connectivity index (χ4v) is 3.87. The molecule has 1 aromatic carbocycles. The first-order valence-corrected chi connectivity index (χ1v) is 9.99. The van der Waals surface area contributed by atoms with E-state index in [1.807, 2.05) is 35.0 Å². The Morgan fingerprint density at radius 1 is 1.35 bits per heavy atom. The smallest absolute Gasteiger partial charge is 0.248 e. The number of carbonyl (C=O) groups is 1. The van der Waals surface area contributed by atoms with Crippen LogP contribution in [0.25, 0.3) is 11.5 Å². The molecule has 3 aromatic rings. The number of hydrogen-bond acceptors (Lipinski definition) is 6. The molecule has 8 heteroatoms. The number of aryl methyl sites for hydroxylation is 1. The lowest BCUT2D eigenvalue weighted by Crippen LogP contribution is -2.32. The molecule has 4 rings (SSSR count). The van der Waals surface area contributed by atoms with Gasteiger partial charge >= 0.3 is 0 Å². The number of benzene rings is 1. The van der Waals surface area contributed by atoms with E-state index in [4.69, 9.17) is 9.15 Å². The number of fused-ring (bicyclic) bond motifs is 1. The molecular formula is C18H16BrN3O3S. The van der Waals surface area contributed by atoms with Crippen LogP contribution >= 0.6 is 27.3 Å². The average molecular weight is 434 g/mol. The first kappa shape index (κ1) is 17.2. The summed E-state index contributed by atoms with van der Waals surface area (Å²) in [6.45, 7) is 0.591. The van der Waals surface area contributed by atoms with Crippen molar-refractivity contribution in [2.75, 3.05) is 6.61 Å². The van der Waals surface area contributed by atoms with Gasteiger partial charge in [0.05, 0.1) is 12.6 Å². The predicted octanol–water partition coefficient (Wildman–Crippen LogP) is 4.13. The third kappa shape index (κ3) is 3.81. The molecule has 0 fully saturated rings. The van der Waals surface area contributed by atoms with Crippen molar-refractivity contribution in [2.24, 2.45) is 0 Å². The standard InChI is InChI=1S/C18H16BrN3O3S/c19-12-1-2-15-13(9-12)14(5-7-24-15)20-16(23)3-4-17-21-22-18(25-17)11-6-8-26-10-11/h1-2,6,8-10,14H,3-5,7H2,(H,20,23). The summed E-state index contributed by atoms with van der Waals surface area (Å²) in [7, 11) is 0. The van der Waals surface area contributed by atoms with E-state index in [2.05, 4.69) is 31.4 Å². The van der Waals surface area contributed by atoms with Crippen LogP contribution in [0.15, 0.2) is 43.9 Å². The van der Waals surface area contributed by atoms with Gasteiger partial charge in [-0.15, -0.1) is 10.2 Å². The van der Waals surface area contributed by atoms with E-state index in [1.54, 1.807) is 11.3 Å². The highest BCUT2D eigenvalue weighted by Gasteiger charge is 2.23. The Labute approximate surface area is 162 Å². The molecule has 0 spiro atoms. The second kappa shape index (κ2) is 7.59. The van der Waals surface area contributed by atoms with E-state index in [0.717, 1.165) is 27.8 Å². The summed E-state index contributed by atoms with van der Waals surface area (Å²) in [5.74, 6) is 1.74. The molecule has 6 nitrogen and oxygen atoms in total. The molecule has 1 atom stereocenters. The molecule has 0 radical (unpaired) electrons. The lowest BCUT2D eigenvalue weighted by Gasteiger charge is -2.26. The van der Waals surface area contributed by atoms with Crippen molar-refractivity contribution >= 4 is 33.2 Å². The molecule has 134 valence electrons. The minimum Gasteiger partial charge on any atom is -0.493 e. The Bertz CT molecular complexity index is 910. The minimum absolute atomic E-state index is 0.0434. The third-order valence-electron chi connectivity index (χ3n) is 4.15. The molecule has 1 N–H and O–H groups in total. The Morgan fingerprint density at radius 2 is 2.27 bits per heavy atom. The van der Waals surface area contributed by atoms with Crippen molar-refractivity contribution in [1.82, 2.24) is 15.5 Å². The molecule has 2 aromatic heterocycles. The molecule has 1 amide bonds. The number of carbonyl (C=O) groups excluding carboxylic acids is 1. The molecule has 1 aliphatic heterocycles. The predicted molar refractivity (Wildman–Crippen MR) is 101 cm³/mol. The molecular weight excluding hydrogens is 418 g/mol. The first-order valence-electron chi connectivity index (χ1n) is 8.25. The van der Waals surface area contributed by atoms with Gasteiger partial charge in [0, 0.05) is 40.2 Å². The molecule has 3 heterocycles. The monoisotopic (exact) mass is 433 g/mol. The highest BCUT2D eigenvalue weighted by Crippen LogP contribution is 2.34. The average Bonchev–Trinajstić information content (AvgIpc) is 3.32. The number of nitrogens with zero attached hydrogens (tertiary/aromatic N) is 2. The van der Waals surface area contributed by atoms with Crippen LogP contribution in [0.3, 0.4) is 0 Å². The first-order chi connectivity index (χ1) is 12.7. The Morgan fingerprint density at radius 3 is 3.12 bits per heavy atom. The maximum atomic E-state index is 12.4. The van der Waals surface area contributed by atoms with E-state index < -0.39 is 0 Å². The van der Waals surface area contributed by atoms with Crippen molar-refractivity contribution in [3.05, 3.63) is 51.0 Å². The minimum atomic E-state index is -0.0483. The maximum Gasteiger partial charge on any atom is 0.248 e. The number of thiophene rings is 1. The molecule has 1 unspecified atom stereocenters. The van der Waals surface area contributed by atoms with Crippen molar-refractivity contribution < 1.29 is 13.9 Å². The number of rotatable bonds is 5. The Kier molecular flexibility index (Phi) is 5.03. The van der Waals surface area contributed by atoms with Crippen LogP contribution in [0.2, 0.25) is 0 Å². The topological polar surface area (TPSA) is 77.2 Å². The second-order valence-electron chi connectivity index (χ2n) is 5.95. The molecule has 0 saturated carbocycles. The fourth-order valence-electron chi connectivity index (χ4n) is 2.86. The van der Waals surface area contributed by atoms with Gasteiger partial charge in [0.15, 0.2) is 0 Å². The number of nitrogens with one attached hydrogen (secondary N) is 1. The largest absolute Gasteiger partial charge is 0.493 e. The SMILES string of the molecule is O=C(CCc1nnc(-c2ccsc2)o1)NC1CCOc2ccc(Br)cc21. The van der Waals surface area contributed by atoms with Gasteiger partial charge in [-0.25, -0.2) is 0 Å². The molecule has 26 heavy (non-hydrogen) atoms. The zero-order valence-electron chi connectivity index (χ0n) is 13.8. The fraction of sp³-hybridized carbons (Fsp3) is 0.278. The van der Waals surface area contributed by atoms with Gasteiger partial charge in [0.1, 0.15) is 5.75 Å². The van der Waals surface area contributed by atoms with Gasteiger partial charge in [-0.3, -0.25) is 4.79 Å². The summed E-state index contributed by atoms with van der Waals surface area (Å²) in [6, 6.07) is 7.72. The van der Waals surface area contributed by atoms with Crippen molar-refractivity contribution in [3.8, 4) is 17.2 Å². The third-order valence-corrected chi connectivity index (χ3v) is 5.32. The van der Waals surface area contributed by atoms with Crippen LogP contribution in [-0.4, -0.2) is 22.7 Å². The summed E-state index contributed by atoms with van der Waals surface area (Å²) >= 11 is 5.04. The van der Waals surface area contributed by atoms with Crippen LogP contribution in [-0.2, 0) is 11.2 Å². The van der Waals surface area contributed by atoms with Crippen LogP contribution in [0.5, 0.6) is 5.75 Å². The lowest BCUT2D eigenvalue weighted by atomic mass is 10.0. The van der Waals surface area contributed by atoms with Crippen LogP contribution in [0.4, 0.5) is 0 Å². The molecule has 0 aliphatic carbocycles. The van der Waals surface area contributed by atoms with Crippen LogP contribution < -0.4 is 10.1 Å². The highest BCUT2D eigenvalue weighted by molar-refractivity contribution is 9.10. The van der Waals surface area contributed by atoms with Gasteiger partial charge in [0.2, 0.25) is 17.7 Å². The summed E-state index contributed by atoms with van der Waals surface area (Å²) in [6.07, 6.45) is 1.46. The Balaban J connectivity index is 1.36. The van der Waals surface area contributed by atoms with E-state index in [-0.39, 0.29) is 11.9 Å². The van der Waals surface area contributed by atoms with Crippen LogP contribution in [0.1, 0.15) is 30.3 Å². The quantitative estimate of drug-likeness (QED) is 0.654. The van der Waals surface area contributed by atoms with E-state index >= 15 is 0 Å². The summed E-state index contributed by atoms with van der Waals surface area (Å²) in [5.41, 5.74) is 1.90. The number of ether oxygens (including phenoxy) is 1. The molecule has 0 bridgehead atoms. The maximum absolute atomic E-state index is 12.4. The van der Waals surface area contributed by atoms with Crippen molar-refractivity contribution in [3.63, 3.8) is 0 Å². The zero-order chi connectivity index (χ0) is 17.9. The van der Waals surface area contributed by atoms with Gasteiger partial charge in [0.25, 0.3) is 0 Å². The number of aromatic nitrogens is 2. The number of hydrogen-bond donors (Lipinski definition) is 1. The normalized spacial score (nSPS) is 16.0. The summed E-state index contributed by atoms with van der Waals surface area (Å²) in [5, 5.41) is 15.0. The lowest BCUT2D eigenvalue weighted by molar-refractivity contribution is -0.122. The zero-order valence-corrected chi connectivity index (χ0v) is 16.2. The molecule has 0 saturated heterocycles. The summed E-state index contributed by atoms with van der Waals surface area (Å²) < 4.78 is 12.2. The van der Waals surface area contributed by atoms with Gasteiger partial charge in [-0.2, -0.15) is 11.3 Å². The second-order valence-corrected chi connectivity index (χ2v) is 7.65. The van der Waals surface area contributed by atoms with Gasteiger partial charge in [-0.05, 0) is 29.6 Å². The van der Waals surface area contributed by atoms with Crippen LogP contribution in [0, 0.1) is 0 Å². The summed E-state index contributed by atoms with van der Waals surface area (Å²) in [4.78, 5) is 12.4.